The summed E-state index contributed by atoms with van der Waals surface area (Å²) in [7, 11) is -15.1. The van der Waals surface area contributed by atoms with Crippen LogP contribution in [0.5, 0.6) is 11.5 Å². The van der Waals surface area contributed by atoms with Gasteiger partial charge in [0.2, 0.25) is 0 Å². The molecule has 0 heterocycles. The van der Waals surface area contributed by atoms with Gasteiger partial charge in [0.05, 0.1) is 0 Å². The fraction of sp³-hybridized carbons (Fsp3) is 0.308. The van der Waals surface area contributed by atoms with E-state index in [1.165, 1.54) is 9.79 Å². The normalized spacial score (nSPS) is 14.2. The maximum Gasteiger partial charge on any atom is 0.460 e. The van der Waals surface area contributed by atoms with E-state index in [-0.39, 0.29) is 24.3 Å². The van der Waals surface area contributed by atoms with Gasteiger partial charge in [-0.3, -0.25) is 0 Å². The van der Waals surface area contributed by atoms with Crippen LogP contribution in [0.3, 0.4) is 0 Å². The van der Waals surface area contributed by atoms with Crippen molar-refractivity contribution in [2.45, 2.75) is 56.3 Å². The van der Waals surface area contributed by atoms with Gasteiger partial charge in [-0.25, -0.2) is 0 Å². The lowest BCUT2D eigenvalue weighted by molar-refractivity contribution is -0.382. The van der Waals surface area contributed by atoms with Crippen molar-refractivity contribution in [3.8, 4) is 11.5 Å². The minimum Gasteiger partial charge on any atom is -0.378 e. The van der Waals surface area contributed by atoms with Crippen LogP contribution in [0.2, 0.25) is 0 Å². The van der Waals surface area contributed by atoms with E-state index < -0.39 is 78.3 Å². The van der Waals surface area contributed by atoms with Crippen molar-refractivity contribution >= 4 is 32.0 Å². The molecule has 0 saturated carbocycles. The Hall–Kier alpha value is -3.75. The fourth-order valence-electron chi connectivity index (χ4n) is 3.06. The third-order valence-electron chi connectivity index (χ3n) is 5.82. The molecule has 0 aliphatic heterocycles. The lowest BCUT2D eigenvalue weighted by Gasteiger charge is -2.32. The summed E-state index contributed by atoms with van der Waals surface area (Å²) in [5.41, 5.74) is 0. The summed E-state index contributed by atoms with van der Waals surface area (Å²) in [4.78, 5) is 2.57. The minimum atomic E-state index is -7.76. The first-order chi connectivity index (χ1) is 23.6. The van der Waals surface area contributed by atoms with Gasteiger partial charge < -0.3 is 8.37 Å². The Morgan fingerprint density at radius 3 is 0.849 bits per heavy atom. The van der Waals surface area contributed by atoms with Crippen LogP contribution in [0.15, 0.2) is 94.7 Å². The lowest BCUT2D eigenvalue weighted by atomic mass is 10.1. The average molecular weight is 861 g/mol. The first kappa shape index (κ1) is 45.4. The molecule has 3 aromatic carbocycles. The molecule has 53 heavy (non-hydrogen) atoms. The summed E-state index contributed by atoms with van der Waals surface area (Å²) in [6.07, 6.45) is -14.9. The number of rotatable bonds is 12. The highest BCUT2D eigenvalue weighted by atomic mass is 32.2. The van der Waals surface area contributed by atoms with Crippen LogP contribution in [0.4, 0.5) is 79.0 Å². The second-order valence-electron chi connectivity index (χ2n) is 9.60. The van der Waals surface area contributed by atoms with E-state index in [0.717, 1.165) is 0 Å². The summed E-state index contributed by atoms with van der Waals surface area (Å²) in [6, 6.07) is 19.5. The number of benzene rings is 3. The third kappa shape index (κ3) is 8.81. The first-order valence-corrected chi connectivity index (χ1v) is 16.4. The van der Waals surface area contributed by atoms with Crippen molar-refractivity contribution in [2.24, 2.45) is 0 Å². The standard InChI is InChI=1S/C14H4F18O6S2.C12H10S/c15-7(16,11(23,24)25)9(19,20)13(29,30)39(33,34)37-5-1-2-6(4-3-5)38-40(35,36)14(31,32)10(21,22)8(17,18)12(26,27)28;1-3-7-11(8-4-1)13-12-9-5-2-6-10-12/h1-4H;1-10H. The van der Waals surface area contributed by atoms with E-state index in [2.05, 4.69) is 56.9 Å². The zero-order chi connectivity index (χ0) is 41.3. The molecule has 0 bridgehead atoms. The number of hydrogen-bond acceptors (Lipinski definition) is 7. The molecule has 0 N–H and O–H groups in total. The van der Waals surface area contributed by atoms with E-state index in [1.54, 1.807) is 11.8 Å². The fourth-order valence-corrected chi connectivity index (χ4v) is 5.74. The SMILES string of the molecule is O=S(=O)(Oc1ccc(OS(=O)(=O)C(F)(F)C(F)(F)C(F)(F)C(F)(F)F)cc1)C(F)(F)C(F)(F)C(F)(F)C(F)(F)F.c1ccc(Sc2ccccc2)cc1. The monoisotopic (exact) mass is 860 g/mol. The van der Waals surface area contributed by atoms with Crippen LogP contribution >= 0.6 is 11.8 Å². The Kier molecular flexibility index (Phi) is 12.7. The molecular formula is C26H14F18O6S3. The van der Waals surface area contributed by atoms with Gasteiger partial charge in [-0.05, 0) is 48.5 Å². The van der Waals surface area contributed by atoms with Crippen LogP contribution in [0.1, 0.15) is 0 Å². The van der Waals surface area contributed by atoms with Crippen LogP contribution in [-0.4, -0.2) is 63.4 Å². The summed E-state index contributed by atoms with van der Waals surface area (Å²) >= 11 is 1.79. The van der Waals surface area contributed by atoms with Crippen molar-refractivity contribution in [3.05, 3.63) is 84.9 Å². The van der Waals surface area contributed by atoms with Gasteiger partial charge in [0, 0.05) is 9.79 Å². The molecule has 3 aromatic rings. The Morgan fingerprint density at radius 2 is 0.623 bits per heavy atom. The van der Waals surface area contributed by atoms with Crippen LogP contribution < -0.4 is 8.37 Å². The van der Waals surface area contributed by atoms with E-state index >= 15 is 0 Å². The highest BCUT2D eigenvalue weighted by molar-refractivity contribution is 7.99. The maximum atomic E-state index is 13.6. The molecule has 0 aliphatic carbocycles. The average Bonchev–Trinajstić information content (AvgIpc) is 3.01. The highest BCUT2D eigenvalue weighted by Crippen LogP contribution is 2.56. The summed E-state index contributed by atoms with van der Waals surface area (Å²) in [5, 5.41) is -14.8. The molecule has 0 spiro atoms. The molecule has 27 heteroatoms. The smallest absolute Gasteiger partial charge is 0.378 e. The van der Waals surface area contributed by atoms with E-state index in [4.69, 9.17) is 0 Å². The molecule has 0 unspecified atom stereocenters. The van der Waals surface area contributed by atoms with Crippen LogP contribution in [0, 0.1) is 0 Å². The lowest BCUT2D eigenvalue weighted by Crippen LogP contribution is -2.63. The van der Waals surface area contributed by atoms with Crippen molar-refractivity contribution in [2.75, 3.05) is 0 Å². The third-order valence-corrected chi connectivity index (χ3v) is 9.43. The molecule has 0 fully saturated rings. The van der Waals surface area contributed by atoms with Crippen LogP contribution in [0.25, 0.3) is 0 Å². The molecule has 0 saturated heterocycles. The van der Waals surface area contributed by atoms with Crippen molar-refractivity contribution in [3.63, 3.8) is 0 Å². The molecule has 0 amide bonds. The Bertz CT molecular complexity index is 1760. The molecule has 298 valence electrons. The van der Waals surface area contributed by atoms with Gasteiger partial charge in [0.25, 0.3) is 0 Å². The largest absolute Gasteiger partial charge is 0.460 e. The molecule has 6 nitrogen and oxygen atoms in total. The maximum absolute atomic E-state index is 13.6. The van der Waals surface area contributed by atoms with E-state index in [9.17, 15) is 95.9 Å². The molecule has 0 aliphatic rings. The van der Waals surface area contributed by atoms with Crippen molar-refractivity contribution in [1.29, 1.82) is 0 Å². The Morgan fingerprint density at radius 1 is 0.377 bits per heavy atom. The zero-order valence-electron chi connectivity index (χ0n) is 24.6. The summed E-state index contributed by atoms with van der Waals surface area (Å²) < 4.78 is 283. The number of halogens is 18. The van der Waals surface area contributed by atoms with Gasteiger partial charge in [-0.1, -0.05) is 48.2 Å². The van der Waals surface area contributed by atoms with Crippen LogP contribution in [-0.2, 0) is 20.2 Å². The molecule has 0 aromatic heterocycles. The molecule has 3 rings (SSSR count). The van der Waals surface area contributed by atoms with Gasteiger partial charge in [0.15, 0.2) is 0 Å². The quantitative estimate of drug-likeness (QED) is 0.133. The van der Waals surface area contributed by atoms with Gasteiger partial charge >= 0.3 is 66.8 Å². The van der Waals surface area contributed by atoms with Gasteiger partial charge in [0.1, 0.15) is 11.5 Å². The zero-order valence-corrected chi connectivity index (χ0v) is 27.0. The molecular weight excluding hydrogens is 846 g/mol. The van der Waals surface area contributed by atoms with Crippen molar-refractivity contribution < 1.29 is 104 Å². The highest BCUT2D eigenvalue weighted by Gasteiger charge is 2.87. The van der Waals surface area contributed by atoms with Crippen molar-refractivity contribution in [1.82, 2.24) is 0 Å². The second kappa shape index (κ2) is 14.8. The minimum absolute atomic E-state index is 0.320. The Balaban J connectivity index is 0.000000617. The van der Waals surface area contributed by atoms with Gasteiger partial charge in [-0.15, -0.1) is 0 Å². The summed E-state index contributed by atoms with van der Waals surface area (Å²) in [6.45, 7) is 0. The van der Waals surface area contributed by atoms with E-state index in [0.29, 0.717) is 0 Å². The van der Waals surface area contributed by atoms with Gasteiger partial charge in [-0.2, -0.15) is 95.9 Å². The summed E-state index contributed by atoms with van der Waals surface area (Å²) in [5.74, 6) is -34.6. The molecule has 0 radical (unpaired) electrons. The Labute approximate surface area is 288 Å². The second-order valence-corrected chi connectivity index (χ2v) is 13.9. The number of alkyl halides is 18. The number of hydrogen-bond donors (Lipinski definition) is 0. The van der Waals surface area contributed by atoms with E-state index in [1.807, 2.05) is 12.1 Å². The predicted octanol–water partition coefficient (Wildman–Crippen LogP) is 9.79. The molecule has 0 atom stereocenters. The predicted molar refractivity (Wildman–Crippen MR) is 144 cm³/mol. The first-order valence-electron chi connectivity index (χ1n) is 12.8. The topological polar surface area (TPSA) is 86.7 Å².